The zero-order valence-electron chi connectivity index (χ0n) is 8.53. The average molecular weight is 232 g/mol. The van der Waals surface area contributed by atoms with Crippen LogP contribution < -0.4 is 16.6 Å². The van der Waals surface area contributed by atoms with Crippen LogP contribution in [0.2, 0.25) is 0 Å². The van der Waals surface area contributed by atoms with Crippen molar-refractivity contribution < 1.29 is 4.79 Å². The maximum atomic E-state index is 11.2. The Morgan fingerprint density at radius 1 is 1.60 bits per heavy atom. The molecule has 0 aliphatic rings. The number of hydrogen-bond acceptors (Lipinski definition) is 3. The fraction of sp³-hybridized carbons (Fsp3) is 0.333. The van der Waals surface area contributed by atoms with Gasteiger partial charge in [-0.1, -0.05) is 0 Å². The maximum Gasteiger partial charge on any atom is 0.250 e. The number of anilines is 1. The Kier molecular flexibility index (Phi) is 5.04. The predicted molar refractivity (Wildman–Crippen MR) is 61.3 cm³/mol. The molecule has 1 rings (SSSR count). The molecule has 15 heavy (non-hydrogen) atoms. The van der Waals surface area contributed by atoms with E-state index < -0.39 is 6.04 Å². The standard InChI is InChI=1S/C9H13N3O2.ClH/c1-5-3-7(4-11-8(5)13)12-9(14)6(2)10;/h3-4,6H,10H2,1-2H3,(H,11,13)(H,12,14);1H/t6-;/m1./s1. The van der Waals surface area contributed by atoms with Crippen molar-refractivity contribution in [3.63, 3.8) is 0 Å². The second-order valence-corrected chi connectivity index (χ2v) is 3.18. The Bertz CT molecular complexity index is 401. The van der Waals surface area contributed by atoms with E-state index in [0.717, 1.165) is 0 Å². The van der Waals surface area contributed by atoms with Crippen LogP contribution in [0.5, 0.6) is 0 Å². The second kappa shape index (κ2) is 5.53. The molecule has 0 spiro atoms. The van der Waals surface area contributed by atoms with Gasteiger partial charge in [-0.2, -0.15) is 0 Å². The SMILES string of the molecule is Cc1cc(NC(=O)[C@@H](C)N)c[nH]c1=O.Cl. The summed E-state index contributed by atoms with van der Waals surface area (Å²) in [5.41, 5.74) is 6.30. The van der Waals surface area contributed by atoms with Gasteiger partial charge in [0.1, 0.15) is 0 Å². The Balaban J connectivity index is 0.00000196. The molecule has 0 aromatic carbocycles. The van der Waals surface area contributed by atoms with E-state index in [0.29, 0.717) is 11.3 Å². The number of hydrogen-bond donors (Lipinski definition) is 3. The number of pyridine rings is 1. The number of carbonyl (C=O) groups is 1. The first-order valence-electron chi connectivity index (χ1n) is 4.26. The Morgan fingerprint density at radius 2 is 2.20 bits per heavy atom. The molecule has 0 fully saturated rings. The van der Waals surface area contributed by atoms with Crippen molar-refractivity contribution in [2.45, 2.75) is 19.9 Å². The van der Waals surface area contributed by atoms with Crippen molar-refractivity contribution in [3.05, 3.63) is 28.2 Å². The first kappa shape index (κ1) is 13.7. The number of carbonyl (C=O) groups excluding carboxylic acids is 1. The first-order chi connectivity index (χ1) is 6.50. The van der Waals surface area contributed by atoms with E-state index >= 15 is 0 Å². The average Bonchev–Trinajstić information content (AvgIpc) is 2.11. The van der Waals surface area contributed by atoms with Crippen LogP contribution in [0.15, 0.2) is 17.1 Å². The molecule has 6 heteroatoms. The fourth-order valence-corrected chi connectivity index (χ4v) is 0.926. The van der Waals surface area contributed by atoms with Crippen LogP contribution in [0.4, 0.5) is 5.69 Å². The van der Waals surface area contributed by atoms with Crippen molar-refractivity contribution in [1.82, 2.24) is 4.98 Å². The van der Waals surface area contributed by atoms with Gasteiger partial charge in [-0.25, -0.2) is 0 Å². The topological polar surface area (TPSA) is 88.0 Å². The number of nitrogens with one attached hydrogen (secondary N) is 2. The highest BCUT2D eigenvalue weighted by molar-refractivity contribution is 5.94. The zero-order chi connectivity index (χ0) is 10.7. The highest BCUT2D eigenvalue weighted by Gasteiger charge is 2.07. The summed E-state index contributed by atoms with van der Waals surface area (Å²) in [6, 6.07) is 1.03. The van der Waals surface area contributed by atoms with Crippen molar-refractivity contribution >= 4 is 24.0 Å². The number of halogens is 1. The van der Waals surface area contributed by atoms with E-state index in [2.05, 4.69) is 10.3 Å². The number of aromatic nitrogens is 1. The number of amides is 1. The van der Waals surface area contributed by atoms with Crippen LogP contribution in [0, 0.1) is 6.92 Å². The van der Waals surface area contributed by atoms with Crippen molar-refractivity contribution in [2.24, 2.45) is 5.73 Å². The van der Waals surface area contributed by atoms with Gasteiger partial charge in [-0.15, -0.1) is 12.4 Å². The molecule has 1 amide bonds. The van der Waals surface area contributed by atoms with Gasteiger partial charge in [-0.05, 0) is 19.9 Å². The summed E-state index contributed by atoms with van der Waals surface area (Å²) in [6.07, 6.45) is 1.44. The smallest absolute Gasteiger partial charge is 0.250 e. The summed E-state index contributed by atoms with van der Waals surface area (Å²) >= 11 is 0. The largest absolute Gasteiger partial charge is 0.327 e. The Hall–Kier alpha value is -1.33. The summed E-state index contributed by atoms with van der Waals surface area (Å²) in [5.74, 6) is -0.281. The van der Waals surface area contributed by atoms with E-state index in [4.69, 9.17) is 5.73 Å². The van der Waals surface area contributed by atoms with Gasteiger partial charge in [0, 0.05) is 11.8 Å². The first-order valence-corrected chi connectivity index (χ1v) is 4.26. The molecule has 0 aliphatic carbocycles. The minimum absolute atomic E-state index is 0. The number of H-pyrrole nitrogens is 1. The van der Waals surface area contributed by atoms with E-state index in [1.165, 1.54) is 6.20 Å². The van der Waals surface area contributed by atoms with Crippen LogP contribution in [-0.2, 0) is 4.79 Å². The molecule has 0 bridgehead atoms. The van der Waals surface area contributed by atoms with Gasteiger partial charge < -0.3 is 16.0 Å². The molecule has 5 nitrogen and oxygen atoms in total. The number of aryl methyl sites for hydroxylation is 1. The zero-order valence-corrected chi connectivity index (χ0v) is 9.35. The number of rotatable bonds is 2. The molecule has 1 atom stereocenters. The summed E-state index contributed by atoms with van der Waals surface area (Å²) in [4.78, 5) is 24.7. The number of nitrogens with two attached hydrogens (primary N) is 1. The van der Waals surface area contributed by atoms with E-state index in [1.54, 1.807) is 19.9 Å². The summed E-state index contributed by atoms with van der Waals surface area (Å²) in [6.45, 7) is 3.26. The minimum atomic E-state index is -0.567. The monoisotopic (exact) mass is 231 g/mol. The van der Waals surface area contributed by atoms with Gasteiger partial charge >= 0.3 is 0 Å². The molecule has 0 aliphatic heterocycles. The molecular weight excluding hydrogens is 218 g/mol. The third-order valence-corrected chi connectivity index (χ3v) is 1.77. The molecule has 0 saturated heterocycles. The highest BCUT2D eigenvalue weighted by Crippen LogP contribution is 2.04. The van der Waals surface area contributed by atoms with Crippen molar-refractivity contribution in [3.8, 4) is 0 Å². The second-order valence-electron chi connectivity index (χ2n) is 3.18. The summed E-state index contributed by atoms with van der Waals surface area (Å²) in [7, 11) is 0. The minimum Gasteiger partial charge on any atom is -0.327 e. The van der Waals surface area contributed by atoms with Crippen LogP contribution in [0.1, 0.15) is 12.5 Å². The Labute approximate surface area is 93.5 Å². The summed E-state index contributed by atoms with van der Waals surface area (Å²) < 4.78 is 0. The van der Waals surface area contributed by atoms with Crippen molar-refractivity contribution in [2.75, 3.05) is 5.32 Å². The molecule has 4 N–H and O–H groups in total. The Morgan fingerprint density at radius 3 is 2.67 bits per heavy atom. The molecule has 1 heterocycles. The van der Waals surface area contributed by atoms with E-state index in [-0.39, 0.29) is 23.9 Å². The predicted octanol–water partition coefficient (Wildman–Crippen LogP) is 0.391. The molecule has 0 unspecified atom stereocenters. The fourth-order valence-electron chi connectivity index (χ4n) is 0.926. The molecular formula is C9H14ClN3O2. The quantitative estimate of drug-likeness (QED) is 0.688. The lowest BCUT2D eigenvalue weighted by atomic mass is 10.2. The van der Waals surface area contributed by atoms with Crippen LogP contribution in [-0.4, -0.2) is 16.9 Å². The van der Waals surface area contributed by atoms with Crippen LogP contribution >= 0.6 is 12.4 Å². The molecule has 84 valence electrons. The van der Waals surface area contributed by atoms with E-state index in [1.807, 2.05) is 0 Å². The lowest BCUT2D eigenvalue weighted by Gasteiger charge is -2.07. The maximum absolute atomic E-state index is 11.2. The van der Waals surface area contributed by atoms with Crippen LogP contribution in [0.3, 0.4) is 0 Å². The molecule has 1 aromatic rings. The number of aromatic amines is 1. The molecule has 0 radical (unpaired) electrons. The van der Waals surface area contributed by atoms with Gasteiger partial charge in [0.15, 0.2) is 0 Å². The third-order valence-electron chi connectivity index (χ3n) is 1.77. The lowest BCUT2D eigenvalue weighted by Crippen LogP contribution is -2.32. The van der Waals surface area contributed by atoms with Gasteiger partial charge in [0.2, 0.25) is 5.91 Å². The molecule has 1 aromatic heterocycles. The van der Waals surface area contributed by atoms with Gasteiger partial charge in [-0.3, -0.25) is 9.59 Å². The van der Waals surface area contributed by atoms with Crippen molar-refractivity contribution in [1.29, 1.82) is 0 Å². The summed E-state index contributed by atoms with van der Waals surface area (Å²) in [5, 5.41) is 2.58. The van der Waals surface area contributed by atoms with Gasteiger partial charge in [0.25, 0.3) is 5.56 Å². The lowest BCUT2D eigenvalue weighted by molar-refractivity contribution is -0.117. The van der Waals surface area contributed by atoms with Gasteiger partial charge in [0.05, 0.1) is 11.7 Å². The highest BCUT2D eigenvalue weighted by atomic mass is 35.5. The van der Waals surface area contributed by atoms with E-state index in [9.17, 15) is 9.59 Å². The molecule has 0 saturated carbocycles. The van der Waals surface area contributed by atoms with Crippen LogP contribution in [0.25, 0.3) is 0 Å². The third kappa shape index (κ3) is 3.73. The normalized spacial score (nSPS) is 11.4.